The van der Waals surface area contributed by atoms with Crippen molar-refractivity contribution in [1.82, 2.24) is 24.1 Å². The second-order valence-electron chi connectivity index (χ2n) is 8.00. The van der Waals surface area contributed by atoms with Gasteiger partial charge in [0.25, 0.3) is 0 Å². The Hall–Kier alpha value is -2.70. The fraction of sp³-hybridized carbons (Fsp3) is 0.381. The van der Waals surface area contributed by atoms with E-state index in [1.807, 2.05) is 24.8 Å². The summed E-state index contributed by atoms with van der Waals surface area (Å²) in [6.45, 7) is 6.36. The number of hydrogen-bond acceptors (Lipinski definition) is 6. The molecule has 0 amide bonds. The van der Waals surface area contributed by atoms with Crippen LogP contribution in [0.2, 0.25) is 5.02 Å². The molecule has 0 aliphatic carbocycles. The maximum Gasteiger partial charge on any atom is 0.417 e. The van der Waals surface area contributed by atoms with E-state index in [0.29, 0.717) is 36.6 Å². The molecule has 1 aliphatic heterocycles. The molecule has 0 atom stereocenters. The minimum atomic E-state index is -4.75. The summed E-state index contributed by atoms with van der Waals surface area (Å²) >= 11 is 5.63. The van der Waals surface area contributed by atoms with E-state index < -0.39 is 31.7 Å². The first-order valence-corrected chi connectivity index (χ1v) is 12.2. The van der Waals surface area contributed by atoms with Crippen molar-refractivity contribution in [3.8, 4) is 5.82 Å². The van der Waals surface area contributed by atoms with E-state index in [4.69, 9.17) is 11.6 Å². The van der Waals surface area contributed by atoms with Gasteiger partial charge in [-0.15, -0.1) is 0 Å². The maximum atomic E-state index is 13.2. The van der Waals surface area contributed by atoms with Gasteiger partial charge < -0.3 is 4.90 Å². The third-order valence-corrected chi connectivity index (χ3v) is 7.71. The number of aryl methyl sites for hydroxylation is 3. The molecule has 34 heavy (non-hydrogen) atoms. The molecule has 1 aromatic carbocycles. The summed E-state index contributed by atoms with van der Waals surface area (Å²) in [6, 6.07) is 6.34. The average Bonchev–Trinajstić information content (AvgIpc) is 3.10. The Kier molecular flexibility index (Phi) is 6.34. The van der Waals surface area contributed by atoms with Crippen LogP contribution in [-0.2, 0) is 16.2 Å². The second-order valence-corrected chi connectivity index (χ2v) is 10.3. The van der Waals surface area contributed by atoms with Gasteiger partial charge in [-0.2, -0.15) is 22.6 Å². The number of nitrogens with zero attached hydrogens (tertiary/aromatic N) is 6. The van der Waals surface area contributed by atoms with Crippen LogP contribution in [0, 0.1) is 20.8 Å². The number of rotatable bonds is 4. The molecule has 3 aromatic rings. The number of piperazine rings is 1. The molecular weight excluding hydrogens is 493 g/mol. The van der Waals surface area contributed by atoms with Crippen LogP contribution in [0.4, 0.5) is 19.0 Å². The lowest BCUT2D eigenvalue weighted by atomic mass is 10.2. The van der Waals surface area contributed by atoms with Gasteiger partial charge in [0.15, 0.2) is 5.82 Å². The Morgan fingerprint density at radius 3 is 2.18 bits per heavy atom. The van der Waals surface area contributed by atoms with Gasteiger partial charge >= 0.3 is 6.18 Å². The van der Waals surface area contributed by atoms with Gasteiger partial charge in [0.05, 0.1) is 21.2 Å². The summed E-state index contributed by atoms with van der Waals surface area (Å²) in [7, 11) is -4.13. The Morgan fingerprint density at radius 2 is 1.59 bits per heavy atom. The van der Waals surface area contributed by atoms with E-state index >= 15 is 0 Å². The molecule has 182 valence electrons. The van der Waals surface area contributed by atoms with Gasteiger partial charge in [0.2, 0.25) is 10.0 Å². The zero-order valence-electron chi connectivity index (χ0n) is 18.6. The van der Waals surface area contributed by atoms with Crippen molar-refractivity contribution in [1.29, 1.82) is 0 Å². The van der Waals surface area contributed by atoms with Gasteiger partial charge in [-0.05, 0) is 45.0 Å². The standard InChI is InChI=1S/C21H22ClF3N6O2S/c1-13-10-14(2)31(28-13)20-12-19(26-15(3)27-20)29-6-8-30(9-7-29)34(32,33)16-4-5-18(22)17(11-16)21(23,24)25/h4-5,10-12H,6-9H2,1-3H3. The van der Waals surface area contributed by atoms with Crippen LogP contribution >= 0.6 is 11.6 Å². The molecular formula is C21H22ClF3N6O2S. The number of hydrogen-bond donors (Lipinski definition) is 0. The van der Waals surface area contributed by atoms with Crippen LogP contribution in [0.1, 0.15) is 22.8 Å². The molecule has 1 aliphatic rings. The predicted molar refractivity (Wildman–Crippen MR) is 121 cm³/mol. The van der Waals surface area contributed by atoms with Crippen molar-refractivity contribution in [3.63, 3.8) is 0 Å². The van der Waals surface area contributed by atoms with E-state index in [2.05, 4.69) is 15.1 Å². The van der Waals surface area contributed by atoms with Gasteiger partial charge in [0, 0.05) is 37.9 Å². The zero-order chi connectivity index (χ0) is 24.8. The maximum absolute atomic E-state index is 13.2. The van der Waals surface area contributed by atoms with E-state index in [-0.39, 0.29) is 13.1 Å². The Morgan fingerprint density at radius 1 is 0.941 bits per heavy atom. The van der Waals surface area contributed by atoms with Crippen LogP contribution in [0.25, 0.3) is 5.82 Å². The van der Waals surface area contributed by atoms with E-state index in [1.165, 1.54) is 4.31 Å². The number of anilines is 1. The highest BCUT2D eigenvalue weighted by molar-refractivity contribution is 7.89. The van der Waals surface area contributed by atoms with Crippen molar-refractivity contribution < 1.29 is 21.6 Å². The molecule has 0 spiro atoms. The van der Waals surface area contributed by atoms with Gasteiger partial charge in [-0.25, -0.2) is 23.1 Å². The largest absolute Gasteiger partial charge is 0.417 e. The summed E-state index contributed by atoms with van der Waals surface area (Å²) in [6.07, 6.45) is -4.75. The van der Waals surface area contributed by atoms with Crippen molar-refractivity contribution in [2.75, 3.05) is 31.1 Å². The lowest BCUT2D eigenvalue weighted by molar-refractivity contribution is -0.137. The van der Waals surface area contributed by atoms with Gasteiger partial charge in [0.1, 0.15) is 11.6 Å². The first-order valence-electron chi connectivity index (χ1n) is 10.4. The topological polar surface area (TPSA) is 84.2 Å². The minimum Gasteiger partial charge on any atom is -0.354 e. The molecule has 1 saturated heterocycles. The lowest BCUT2D eigenvalue weighted by Gasteiger charge is -2.35. The minimum absolute atomic E-state index is 0.0879. The third-order valence-electron chi connectivity index (χ3n) is 5.48. The molecule has 0 unspecified atom stereocenters. The number of sulfonamides is 1. The molecule has 2 aromatic heterocycles. The molecule has 3 heterocycles. The first kappa shape index (κ1) is 24.4. The molecule has 0 saturated carbocycles. The Labute approximate surface area is 200 Å². The number of halogens is 4. The average molecular weight is 515 g/mol. The highest BCUT2D eigenvalue weighted by Gasteiger charge is 2.36. The SMILES string of the molecule is Cc1cc(C)n(-c2cc(N3CCN(S(=O)(=O)c4ccc(Cl)c(C(F)(F)F)c4)CC3)nc(C)n2)n1. The van der Waals surface area contributed by atoms with Crippen LogP contribution < -0.4 is 4.90 Å². The monoisotopic (exact) mass is 514 g/mol. The molecule has 0 N–H and O–H groups in total. The Bertz CT molecular complexity index is 1330. The third kappa shape index (κ3) is 4.75. The molecule has 8 nitrogen and oxygen atoms in total. The fourth-order valence-corrected chi connectivity index (χ4v) is 5.53. The molecule has 0 bridgehead atoms. The number of aromatic nitrogens is 4. The van der Waals surface area contributed by atoms with Gasteiger partial charge in [-0.3, -0.25) is 0 Å². The summed E-state index contributed by atoms with van der Waals surface area (Å²) in [5.74, 6) is 1.76. The normalized spacial score (nSPS) is 15.7. The second kappa shape index (κ2) is 8.82. The first-order chi connectivity index (χ1) is 15.9. The summed E-state index contributed by atoms with van der Waals surface area (Å²) in [4.78, 5) is 10.4. The highest BCUT2D eigenvalue weighted by atomic mass is 35.5. The zero-order valence-corrected chi connectivity index (χ0v) is 20.2. The van der Waals surface area contributed by atoms with E-state index in [9.17, 15) is 21.6 Å². The lowest BCUT2D eigenvalue weighted by Crippen LogP contribution is -2.49. The van der Waals surface area contributed by atoms with Crippen LogP contribution in [0.3, 0.4) is 0 Å². The summed E-state index contributed by atoms with van der Waals surface area (Å²) in [5, 5.41) is 3.90. The summed E-state index contributed by atoms with van der Waals surface area (Å²) < 4.78 is 68.5. The Balaban J connectivity index is 1.54. The van der Waals surface area contributed by atoms with Crippen LogP contribution in [0.15, 0.2) is 35.2 Å². The fourth-order valence-electron chi connectivity index (χ4n) is 3.86. The van der Waals surface area contributed by atoms with Gasteiger partial charge in [-0.1, -0.05) is 11.6 Å². The van der Waals surface area contributed by atoms with Crippen molar-refractivity contribution in [2.45, 2.75) is 31.8 Å². The smallest absolute Gasteiger partial charge is 0.354 e. The van der Waals surface area contributed by atoms with Crippen LogP contribution in [-0.4, -0.2) is 58.7 Å². The molecule has 1 fully saturated rings. The molecule has 13 heteroatoms. The van der Waals surface area contributed by atoms with Crippen molar-refractivity contribution in [2.24, 2.45) is 0 Å². The molecule has 4 rings (SSSR count). The van der Waals surface area contributed by atoms with Crippen molar-refractivity contribution in [3.05, 3.63) is 58.1 Å². The quantitative estimate of drug-likeness (QED) is 0.527. The highest BCUT2D eigenvalue weighted by Crippen LogP contribution is 2.36. The predicted octanol–water partition coefficient (Wildman–Crippen LogP) is 3.77. The number of alkyl halides is 3. The molecule has 0 radical (unpaired) electrons. The van der Waals surface area contributed by atoms with Crippen molar-refractivity contribution >= 4 is 27.4 Å². The van der Waals surface area contributed by atoms with E-state index in [0.717, 1.165) is 23.5 Å². The van der Waals surface area contributed by atoms with E-state index in [1.54, 1.807) is 17.7 Å². The van der Waals surface area contributed by atoms with Crippen LogP contribution in [0.5, 0.6) is 0 Å². The summed E-state index contributed by atoms with van der Waals surface area (Å²) in [5.41, 5.74) is 0.589. The number of benzene rings is 1.